The van der Waals surface area contributed by atoms with Gasteiger partial charge in [-0.3, -0.25) is 4.99 Å². The second-order valence-corrected chi connectivity index (χ2v) is 7.39. The molecule has 0 aliphatic carbocycles. The highest BCUT2D eigenvalue weighted by molar-refractivity contribution is 5.90. The van der Waals surface area contributed by atoms with Crippen LogP contribution in [0.5, 0.6) is 11.5 Å². The Morgan fingerprint density at radius 1 is 0.758 bits per heavy atom. The molecule has 0 atom stereocenters. The number of hydrogen-bond acceptors (Lipinski definition) is 3. The maximum Gasteiger partial charge on any atom is 0.129 e. The molecule has 5 aromatic rings. The fourth-order valence-corrected chi connectivity index (χ4v) is 3.42. The van der Waals surface area contributed by atoms with E-state index in [1.807, 2.05) is 91.1 Å². The lowest BCUT2D eigenvalue weighted by molar-refractivity contribution is 0.483. The van der Waals surface area contributed by atoms with Crippen LogP contribution >= 0.6 is 0 Å². The van der Waals surface area contributed by atoms with E-state index in [9.17, 15) is 4.39 Å². The van der Waals surface area contributed by atoms with Crippen molar-refractivity contribution in [3.05, 3.63) is 127 Å². The summed E-state index contributed by atoms with van der Waals surface area (Å²) >= 11 is 0. The Morgan fingerprint density at radius 2 is 1.45 bits per heavy atom. The van der Waals surface area contributed by atoms with Crippen molar-refractivity contribution in [3.8, 4) is 28.4 Å². The Labute approximate surface area is 191 Å². The minimum Gasteiger partial charge on any atom is -0.457 e. The highest BCUT2D eigenvalue weighted by Gasteiger charge is 2.11. The monoisotopic (exact) mass is 433 g/mol. The summed E-state index contributed by atoms with van der Waals surface area (Å²) in [5.41, 5.74) is 4.03. The van der Waals surface area contributed by atoms with Gasteiger partial charge in [-0.2, -0.15) is 5.10 Å². The third-order valence-electron chi connectivity index (χ3n) is 5.03. The molecule has 0 aliphatic rings. The topological polar surface area (TPSA) is 39.4 Å². The van der Waals surface area contributed by atoms with E-state index in [-0.39, 0.29) is 5.82 Å². The lowest BCUT2D eigenvalue weighted by atomic mass is 10.1. The summed E-state index contributed by atoms with van der Waals surface area (Å²) in [6, 6.07) is 33.3. The van der Waals surface area contributed by atoms with Crippen molar-refractivity contribution in [3.63, 3.8) is 0 Å². The molecule has 33 heavy (non-hydrogen) atoms. The predicted molar refractivity (Wildman–Crippen MR) is 129 cm³/mol. The molecule has 0 unspecified atom stereocenters. The standard InChI is InChI=1S/C28H20FN3O/c29-23-16-14-21(15-17-23)28-22(20-32(31-28)25-9-3-1-4-10-25)19-30-24-8-7-13-27(18-24)33-26-11-5-2-6-12-26/h1-20H. The largest absolute Gasteiger partial charge is 0.457 e. The smallest absolute Gasteiger partial charge is 0.129 e. The van der Waals surface area contributed by atoms with Crippen LogP contribution in [0.2, 0.25) is 0 Å². The molecule has 5 heteroatoms. The van der Waals surface area contributed by atoms with Gasteiger partial charge in [0.05, 0.1) is 11.4 Å². The van der Waals surface area contributed by atoms with E-state index < -0.39 is 0 Å². The minimum absolute atomic E-state index is 0.285. The van der Waals surface area contributed by atoms with E-state index in [4.69, 9.17) is 9.84 Å². The van der Waals surface area contributed by atoms with Gasteiger partial charge >= 0.3 is 0 Å². The van der Waals surface area contributed by atoms with E-state index >= 15 is 0 Å². The third-order valence-corrected chi connectivity index (χ3v) is 5.03. The van der Waals surface area contributed by atoms with Crippen LogP contribution in [0.25, 0.3) is 16.9 Å². The molecule has 0 bridgehead atoms. The van der Waals surface area contributed by atoms with Crippen LogP contribution in [-0.4, -0.2) is 16.0 Å². The van der Waals surface area contributed by atoms with Crippen LogP contribution in [-0.2, 0) is 0 Å². The SMILES string of the molecule is Fc1ccc(-c2nn(-c3ccccc3)cc2C=Nc2cccc(Oc3ccccc3)c2)cc1. The van der Waals surface area contributed by atoms with Crippen LogP contribution in [0.15, 0.2) is 120 Å². The molecule has 4 aromatic carbocycles. The Morgan fingerprint density at radius 3 is 2.21 bits per heavy atom. The van der Waals surface area contributed by atoms with Gasteiger partial charge in [0.1, 0.15) is 23.0 Å². The van der Waals surface area contributed by atoms with Gasteiger partial charge in [0.2, 0.25) is 0 Å². The van der Waals surface area contributed by atoms with Gasteiger partial charge < -0.3 is 4.74 Å². The summed E-state index contributed by atoms with van der Waals surface area (Å²) in [4.78, 5) is 4.66. The molecule has 1 aromatic heterocycles. The normalized spacial score (nSPS) is 11.1. The van der Waals surface area contributed by atoms with Gasteiger partial charge in [0.15, 0.2) is 0 Å². The van der Waals surface area contributed by atoms with Crippen molar-refractivity contribution < 1.29 is 9.13 Å². The van der Waals surface area contributed by atoms with E-state index in [0.717, 1.165) is 33.9 Å². The van der Waals surface area contributed by atoms with Crippen LogP contribution < -0.4 is 4.74 Å². The van der Waals surface area contributed by atoms with Crippen molar-refractivity contribution >= 4 is 11.9 Å². The molecule has 0 radical (unpaired) electrons. The molecule has 0 amide bonds. The average Bonchev–Trinajstić information content (AvgIpc) is 3.29. The zero-order valence-electron chi connectivity index (χ0n) is 17.7. The zero-order chi connectivity index (χ0) is 22.5. The van der Waals surface area contributed by atoms with Gasteiger partial charge in [0.25, 0.3) is 0 Å². The lowest BCUT2D eigenvalue weighted by Gasteiger charge is -2.05. The van der Waals surface area contributed by atoms with Crippen molar-refractivity contribution in [2.75, 3.05) is 0 Å². The van der Waals surface area contributed by atoms with Crippen LogP contribution in [0.1, 0.15) is 5.56 Å². The second kappa shape index (κ2) is 9.32. The van der Waals surface area contributed by atoms with E-state index in [1.54, 1.807) is 23.0 Å². The summed E-state index contributed by atoms with van der Waals surface area (Å²) < 4.78 is 21.2. The summed E-state index contributed by atoms with van der Waals surface area (Å²) in [5.74, 6) is 1.18. The first-order valence-corrected chi connectivity index (χ1v) is 10.5. The summed E-state index contributed by atoms with van der Waals surface area (Å²) in [6.07, 6.45) is 3.69. The van der Waals surface area contributed by atoms with Gasteiger partial charge in [-0.25, -0.2) is 9.07 Å². The van der Waals surface area contributed by atoms with Crippen molar-refractivity contribution in [2.45, 2.75) is 0 Å². The lowest BCUT2D eigenvalue weighted by Crippen LogP contribution is -1.94. The average molecular weight is 433 g/mol. The van der Waals surface area contributed by atoms with Crippen LogP contribution in [0, 0.1) is 5.82 Å². The molecule has 0 spiro atoms. The first-order chi connectivity index (χ1) is 16.2. The van der Waals surface area contributed by atoms with E-state index in [0.29, 0.717) is 5.75 Å². The maximum absolute atomic E-state index is 13.5. The zero-order valence-corrected chi connectivity index (χ0v) is 17.7. The number of para-hydroxylation sites is 2. The van der Waals surface area contributed by atoms with Crippen molar-refractivity contribution in [1.29, 1.82) is 0 Å². The van der Waals surface area contributed by atoms with Crippen molar-refractivity contribution in [2.24, 2.45) is 4.99 Å². The number of aromatic nitrogens is 2. The Balaban J connectivity index is 1.48. The van der Waals surface area contributed by atoms with Gasteiger partial charge in [-0.05, 0) is 60.7 Å². The van der Waals surface area contributed by atoms with E-state index in [1.165, 1.54) is 12.1 Å². The summed E-state index contributed by atoms with van der Waals surface area (Å²) in [6.45, 7) is 0. The van der Waals surface area contributed by atoms with Crippen LogP contribution in [0.3, 0.4) is 0 Å². The van der Waals surface area contributed by atoms with Crippen LogP contribution in [0.4, 0.5) is 10.1 Å². The fourth-order valence-electron chi connectivity index (χ4n) is 3.42. The van der Waals surface area contributed by atoms with Crippen molar-refractivity contribution in [1.82, 2.24) is 9.78 Å². The molecular formula is C28H20FN3O. The number of benzene rings is 4. The summed E-state index contributed by atoms with van der Waals surface area (Å²) in [5, 5.41) is 4.74. The number of rotatable bonds is 6. The maximum atomic E-state index is 13.5. The van der Waals surface area contributed by atoms with Gasteiger partial charge in [-0.1, -0.05) is 42.5 Å². The Hall–Kier alpha value is -4.51. The molecule has 0 fully saturated rings. The number of nitrogens with zero attached hydrogens (tertiary/aromatic N) is 3. The number of ether oxygens (including phenoxy) is 1. The molecule has 0 aliphatic heterocycles. The summed E-state index contributed by atoms with van der Waals surface area (Å²) in [7, 11) is 0. The Bertz CT molecular complexity index is 1380. The molecular weight excluding hydrogens is 413 g/mol. The van der Waals surface area contributed by atoms with Gasteiger partial charge in [-0.15, -0.1) is 0 Å². The third kappa shape index (κ3) is 4.88. The van der Waals surface area contributed by atoms with Gasteiger partial charge in [0, 0.05) is 29.6 Å². The molecule has 5 rings (SSSR count). The quantitative estimate of drug-likeness (QED) is 0.265. The first-order valence-electron chi connectivity index (χ1n) is 10.5. The second-order valence-electron chi connectivity index (χ2n) is 7.39. The Kier molecular flexibility index (Phi) is 5.76. The fraction of sp³-hybridized carbons (Fsp3) is 0. The molecule has 1 heterocycles. The highest BCUT2D eigenvalue weighted by Crippen LogP contribution is 2.27. The van der Waals surface area contributed by atoms with E-state index in [2.05, 4.69) is 4.99 Å². The molecule has 0 N–H and O–H groups in total. The number of hydrogen-bond donors (Lipinski definition) is 0. The minimum atomic E-state index is -0.285. The predicted octanol–water partition coefficient (Wildman–Crippen LogP) is 7.22. The highest BCUT2D eigenvalue weighted by atomic mass is 19.1. The molecule has 0 saturated carbocycles. The molecule has 4 nitrogen and oxygen atoms in total. The molecule has 160 valence electrons. The molecule has 0 saturated heterocycles. The number of aliphatic imine (C=N–C) groups is 1. The number of halogens is 1. The first kappa shape index (κ1) is 20.4.